The van der Waals surface area contributed by atoms with E-state index in [0.29, 0.717) is 0 Å². The molecular formula is C15H16O2. The second-order valence-corrected chi connectivity index (χ2v) is 3.85. The maximum atomic E-state index is 5.84. The first-order valence-electron chi connectivity index (χ1n) is 5.65. The van der Waals surface area contributed by atoms with Gasteiger partial charge in [0.1, 0.15) is 17.6 Å². The molecule has 0 aromatic heterocycles. The van der Waals surface area contributed by atoms with Crippen LogP contribution in [0.4, 0.5) is 0 Å². The summed E-state index contributed by atoms with van der Waals surface area (Å²) in [5, 5.41) is 0. The van der Waals surface area contributed by atoms with E-state index in [1.807, 2.05) is 49.4 Å². The number of hydrogen-bond acceptors (Lipinski definition) is 2. The van der Waals surface area contributed by atoms with Crippen LogP contribution in [0.15, 0.2) is 54.6 Å². The van der Waals surface area contributed by atoms with Crippen molar-refractivity contribution in [2.24, 2.45) is 0 Å². The summed E-state index contributed by atoms with van der Waals surface area (Å²) in [6.07, 6.45) is 0.0459. The third-order valence-electron chi connectivity index (χ3n) is 2.64. The highest BCUT2D eigenvalue weighted by Gasteiger charge is 2.06. The van der Waals surface area contributed by atoms with E-state index in [9.17, 15) is 0 Å². The Morgan fingerprint density at radius 3 is 2.00 bits per heavy atom. The Balaban J connectivity index is 2.05. The van der Waals surface area contributed by atoms with Gasteiger partial charge in [-0.1, -0.05) is 30.3 Å². The van der Waals surface area contributed by atoms with Gasteiger partial charge >= 0.3 is 0 Å². The third kappa shape index (κ3) is 3.00. The van der Waals surface area contributed by atoms with Gasteiger partial charge < -0.3 is 9.47 Å². The topological polar surface area (TPSA) is 18.5 Å². The summed E-state index contributed by atoms with van der Waals surface area (Å²) >= 11 is 0. The minimum atomic E-state index is 0.0459. The van der Waals surface area contributed by atoms with Crippen LogP contribution < -0.4 is 9.47 Å². The van der Waals surface area contributed by atoms with Crippen molar-refractivity contribution in [1.29, 1.82) is 0 Å². The normalized spacial score (nSPS) is 11.9. The number of benzene rings is 2. The maximum absolute atomic E-state index is 5.84. The smallest absolute Gasteiger partial charge is 0.121 e. The fraction of sp³-hybridized carbons (Fsp3) is 0.200. The Labute approximate surface area is 102 Å². The Bertz CT molecular complexity index is 448. The lowest BCUT2D eigenvalue weighted by Gasteiger charge is -2.15. The summed E-state index contributed by atoms with van der Waals surface area (Å²) in [7, 11) is 1.66. The van der Waals surface area contributed by atoms with Crippen LogP contribution in [0.2, 0.25) is 0 Å². The van der Waals surface area contributed by atoms with Crippen LogP contribution in [0.25, 0.3) is 0 Å². The van der Waals surface area contributed by atoms with Crippen molar-refractivity contribution >= 4 is 0 Å². The fourth-order valence-electron chi connectivity index (χ4n) is 1.65. The molecule has 0 radical (unpaired) electrons. The Morgan fingerprint density at radius 2 is 1.41 bits per heavy atom. The minimum Gasteiger partial charge on any atom is -0.497 e. The number of hydrogen-bond donors (Lipinski definition) is 0. The summed E-state index contributed by atoms with van der Waals surface area (Å²) in [5.74, 6) is 1.69. The van der Waals surface area contributed by atoms with Crippen molar-refractivity contribution in [3.63, 3.8) is 0 Å². The average Bonchev–Trinajstić information content (AvgIpc) is 2.40. The molecule has 0 aliphatic carbocycles. The molecule has 2 aromatic carbocycles. The van der Waals surface area contributed by atoms with Crippen LogP contribution in [0.3, 0.4) is 0 Å². The zero-order chi connectivity index (χ0) is 12.1. The molecule has 0 unspecified atom stereocenters. The first-order valence-corrected chi connectivity index (χ1v) is 5.65. The van der Waals surface area contributed by atoms with E-state index in [1.165, 1.54) is 5.56 Å². The molecule has 0 heterocycles. The van der Waals surface area contributed by atoms with Gasteiger partial charge in [0, 0.05) is 0 Å². The lowest BCUT2D eigenvalue weighted by molar-refractivity contribution is 0.226. The van der Waals surface area contributed by atoms with Crippen molar-refractivity contribution in [3.05, 3.63) is 60.2 Å². The van der Waals surface area contributed by atoms with Crippen LogP contribution in [0.5, 0.6) is 11.5 Å². The molecule has 17 heavy (non-hydrogen) atoms. The average molecular weight is 228 g/mol. The largest absolute Gasteiger partial charge is 0.497 e. The Hall–Kier alpha value is -1.96. The summed E-state index contributed by atoms with van der Waals surface area (Å²) in [5.41, 5.74) is 1.17. The fourth-order valence-corrected chi connectivity index (χ4v) is 1.65. The van der Waals surface area contributed by atoms with Crippen LogP contribution in [0.1, 0.15) is 18.6 Å². The highest BCUT2D eigenvalue weighted by atomic mass is 16.5. The van der Waals surface area contributed by atoms with Crippen LogP contribution >= 0.6 is 0 Å². The molecule has 2 nitrogen and oxygen atoms in total. The minimum absolute atomic E-state index is 0.0459. The summed E-state index contributed by atoms with van der Waals surface area (Å²) in [6, 6.07) is 17.8. The van der Waals surface area contributed by atoms with E-state index in [0.717, 1.165) is 11.5 Å². The molecule has 0 aliphatic heterocycles. The molecule has 0 aliphatic rings. The molecule has 0 bridgehead atoms. The molecule has 0 saturated carbocycles. The van der Waals surface area contributed by atoms with Crippen LogP contribution in [-0.2, 0) is 0 Å². The quantitative estimate of drug-likeness (QED) is 0.791. The predicted molar refractivity (Wildman–Crippen MR) is 68.5 cm³/mol. The van der Waals surface area contributed by atoms with Gasteiger partial charge in [-0.2, -0.15) is 0 Å². The summed E-state index contributed by atoms with van der Waals surface area (Å²) in [4.78, 5) is 0. The predicted octanol–water partition coefficient (Wildman–Crippen LogP) is 3.84. The Kier molecular flexibility index (Phi) is 3.66. The molecule has 2 rings (SSSR count). The van der Waals surface area contributed by atoms with E-state index in [1.54, 1.807) is 7.11 Å². The van der Waals surface area contributed by atoms with Crippen molar-refractivity contribution < 1.29 is 9.47 Å². The van der Waals surface area contributed by atoms with Gasteiger partial charge in [-0.05, 0) is 36.8 Å². The van der Waals surface area contributed by atoms with Gasteiger partial charge in [-0.15, -0.1) is 0 Å². The van der Waals surface area contributed by atoms with Crippen LogP contribution in [0, 0.1) is 0 Å². The van der Waals surface area contributed by atoms with Gasteiger partial charge in [0.05, 0.1) is 7.11 Å². The highest BCUT2D eigenvalue weighted by molar-refractivity contribution is 5.31. The van der Waals surface area contributed by atoms with Gasteiger partial charge in [0.25, 0.3) is 0 Å². The van der Waals surface area contributed by atoms with Gasteiger partial charge in [0.2, 0.25) is 0 Å². The van der Waals surface area contributed by atoms with E-state index >= 15 is 0 Å². The van der Waals surface area contributed by atoms with Crippen molar-refractivity contribution in [1.82, 2.24) is 0 Å². The lowest BCUT2D eigenvalue weighted by atomic mass is 10.1. The van der Waals surface area contributed by atoms with Gasteiger partial charge in [0.15, 0.2) is 0 Å². The molecule has 0 amide bonds. The molecular weight excluding hydrogens is 212 g/mol. The molecule has 0 spiro atoms. The lowest BCUT2D eigenvalue weighted by Crippen LogP contribution is -2.02. The second-order valence-electron chi connectivity index (χ2n) is 3.85. The highest BCUT2D eigenvalue weighted by Crippen LogP contribution is 2.23. The molecule has 2 aromatic rings. The first kappa shape index (κ1) is 11.5. The van der Waals surface area contributed by atoms with E-state index < -0.39 is 0 Å². The molecule has 1 atom stereocenters. The second kappa shape index (κ2) is 5.39. The van der Waals surface area contributed by atoms with E-state index in [4.69, 9.17) is 9.47 Å². The SMILES string of the molecule is COc1ccc(O[C@@H](C)c2ccccc2)cc1. The van der Waals surface area contributed by atoms with Crippen LogP contribution in [-0.4, -0.2) is 7.11 Å². The number of ether oxygens (including phenoxy) is 2. The maximum Gasteiger partial charge on any atom is 0.121 e. The molecule has 0 fully saturated rings. The number of rotatable bonds is 4. The molecule has 0 saturated heterocycles. The molecule has 0 N–H and O–H groups in total. The van der Waals surface area contributed by atoms with E-state index in [-0.39, 0.29) is 6.10 Å². The Morgan fingerprint density at radius 1 is 0.824 bits per heavy atom. The zero-order valence-electron chi connectivity index (χ0n) is 10.1. The molecule has 88 valence electrons. The van der Waals surface area contributed by atoms with Crippen molar-refractivity contribution in [2.45, 2.75) is 13.0 Å². The molecule has 2 heteroatoms. The van der Waals surface area contributed by atoms with Crippen molar-refractivity contribution in [3.8, 4) is 11.5 Å². The summed E-state index contributed by atoms with van der Waals surface area (Å²) < 4.78 is 10.9. The van der Waals surface area contributed by atoms with Gasteiger partial charge in [-0.25, -0.2) is 0 Å². The number of methoxy groups -OCH3 is 1. The van der Waals surface area contributed by atoms with Crippen molar-refractivity contribution in [2.75, 3.05) is 7.11 Å². The standard InChI is InChI=1S/C15H16O2/c1-12(13-6-4-3-5-7-13)17-15-10-8-14(16-2)9-11-15/h3-12H,1-2H3/t12-/m0/s1. The van der Waals surface area contributed by atoms with E-state index in [2.05, 4.69) is 12.1 Å². The first-order chi connectivity index (χ1) is 8.29. The van der Waals surface area contributed by atoms with Gasteiger partial charge in [-0.3, -0.25) is 0 Å². The summed E-state index contributed by atoms with van der Waals surface area (Å²) in [6.45, 7) is 2.04. The third-order valence-corrected chi connectivity index (χ3v) is 2.64. The zero-order valence-corrected chi connectivity index (χ0v) is 10.1. The monoisotopic (exact) mass is 228 g/mol.